The normalized spacial score (nSPS) is 10.7. The molecule has 3 aromatic rings. The minimum atomic E-state index is 0.334. The van der Waals surface area contributed by atoms with Crippen LogP contribution in [0.1, 0.15) is 12.0 Å². The highest BCUT2D eigenvalue weighted by Gasteiger charge is 2.03. The number of benzene rings is 3. The van der Waals surface area contributed by atoms with Crippen molar-refractivity contribution in [3.63, 3.8) is 0 Å². The van der Waals surface area contributed by atoms with Crippen LogP contribution < -0.4 is 5.32 Å². The van der Waals surface area contributed by atoms with Crippen molar-refractivity contribution in [2.75, 3.05) is 11.9 Å². The van der Waals surface area contributed by atoms with Crippen molar-refractivity contribution in [2.45, 2.75) is 12.8 Å². The third-order valence-electron chi connectivity index (χ3n) is 3.70. The molecule has 2 N–H and O–H groups in total. The lowest BCUT2D eigenvalue weighted by Crippen LogP contribution is -2.03. The molecular weight excluding hydrogens is 258 g/mol. The largest absolute Gasteiger partial charge is 0.507 e. The fraction of sp³-hybridized carbons (Fsp3) is 0.158. The van der Waals surface area contributed by atoms with Gasteiger partial charge in [-0.15, -0.1) is 0 Å². The van der Waals surface area contributed by atoms with E-state index in [4.69, 9.17) is 0 Å². The Balaban J connectivity index is 1.65. The summed E-state index contributed by atoms with van der Waals surface area (Å²) in [7, 11) is 0. The average molecular weight is 277 g/mol. The molecule has 0 spiro atoms. The second kappa shape index (κ2) is 6.31. The molecule has 3 rings (SSSR count). The van der Waals surface area contributed by atoms with Crippen LogP contribution in [0.2, 0.25) is 0 Å². The van der Waals surface area contributed by atoms with Gasteiger partial charge < -0.3 is 10.4 Å². The minimum absolute atomic E-state index is 0.334. The third kappa shape index (κ3) is 3.16. The van der Waals surface area contributed by atoms with E-state index in [9.17, 15) is 5.11 Å². The summed E-state index contributed by atoms with van der Waals surface area (Å²) in [6, 6.07) is 22.2. The molecule has 0 saturated carbocycles. The number of fused-ring (bicyclic) bond motifs is 1. The van der Waals surface area contributed by atoms with Gasteiger partial charge in [0, 0.05) is 23.0 Å². The van der Waals surface area contributed by atoms with Gasteiger partial charge in [-0.3, -0.25) is 0 Å². The first-order chi connectivity index (χ1) is 10.3. The topological polar surface area (TPSA) is 32.3 Å². The standard InChI is InChI=1S/C19H19NO/c21-19-13-5-10-16-17(19)11-4-12-18(16)20-14-6-9-15-7-2-1-3-8-15/h1-5,7-8,10-13,20-21H,6,9,14H2. The highest BCUT2D eigenvalue weighted by molar-refractivity contribution is 5.97. The summed E-state index contributed by atoms with van der Waals surface area (Å²) in [6.45, 7) is 0.920. The third-order valence-corrected chi connectivity index (χ3v) is 3.70. The van der Waals surface area contributed by atoms with E-state index in [1.807, 2.05) is 30.3 Å². The number of hydrogen-bond donors (Lipinski definition) is 2. The van der Waals surface area contributed by atoms with Crippen LogP contribution in [0.15, 0.2) is 66.7 Å². The molecule has 0 aliphatic carbocycles. The molecule has 0 atom stereocenters. The zero-order chi connectivity index (χ0) is 14.5. The van der Waals surface area contributed by atoms with Crippen LogP contribution in [0.5, 0.6) is 5.75 Å². The van der Waals surface area contributed by atoms with E-state index in [-0.39, 0.29) is 0 Å². The first kappa shape index (κ1) is 13.5. The van der Waals surface area contributed by atoms with Gasteiger partial charge >= 0.3 is 0 Å². The molecular formula is C19H19NO. The lowest BCUT2D eigenvalue weighted by atomic mass is 10.1. The van der Waals surface area contributed by atoms with Gasteiger partial charge in [0.1, 0.15) is 5.75 Å². The maximum Gasteiger partial charge on any atom is 0.123 e. The Kier molecular flexibility index (Phi) is 4.06. The number of nitrogens with one attached hydrogen (secondary N) is 1. The molecule has 21 heavy (non-hydrogen) atoms. The van der Waals surface area contributed by atoms with Gasteiger partial charge in [0.25, 0.3) is 0 Å². The summed E-state index contributed by atoms with van der Waals surface area (Å²) >= 11 is 0. The Bertz CT molecular complexity index is 722. The van der Waals surface area contributed by atoms with Crippen LogP contribution in [0.3, 0.4) is 0 Å². The van der Waals surface area contributed by atoms with Crippen molar-refractivity contribution in [1.82, 2.24) is 0 Å². The molecule has 0 amide bonds. The summed E-state index contributed by atoms with van der Waals surface area (Å²) in [5, 5.41) is 15.3. The lowest BCUT2D eigenvalue weighted by molar-refractivity contribution is 0.481. The first-order valence-corrected chi connectivity index (χ1v) is 7.33. The molecule has 0 unspecified atom stereocenters. The number of rotatable bonds is 5. The van der Waals surface area contributed by atoms with E-state index < -0.39 is 0 Å². The minimum Gasteiger partial charge on any atom is -0.507 e. The zero-order valence-electron chi connectivity index (χ0n) is 11.9. The Hall–Kier alpha value is -2.48. The fourth-order valence-electron chi connectivity index (χ4n) is 2.61. The van der Waals surface area contributed by atoms with E-state index >= 15 is 0 Å². The Morgan fingerprint density at radius 1 is 0.762 bits per heavy atom. The summed E-state index contributed by atoms with van der Waals surface area (Å²) in [5.41, 5.74) is 2.45. The van der Waals surface area contributed by atoms with E-state index in [1.54, 1.807) is 6.07 Å². The molecule has 0 saturated heterocycles. The van der Waals surface area contributed by atoms with Gasteiger partial charge in [-0.1, -0.05) is 54.6 Å². The second-order valence-corrected chi connectivity index (χ2v) is 5.19. The molecule has 0 aromatic heterocycles. The fourth-order valence-corrected chi connectivity index (χ4v) is 2.61. The molecule has 2 heteroatoms. The van der Waals surface area contributed by atoms with Crippen LogP contribution in [-0.2, 0) is 6.42 Å². The van der Waals surface area contributed by atoms with Gasteiger partial charge in [0.2, 0.25) is 0 Å². The molecule has 0 bridgehead atoms. The zero-order valence-corrected chi connectivity index (χ0v) is 11.9. The number of aryl methyl sites for hydroxylation is 1. The molecule has 0 fully saturated rings. The molecule has 106 valence electrons. The lowest BCUT2D eigenvalue weighted by Gasteiger charge is -2.10. The van der Waals surface area contributed by atoms with Gasteiger partial charge in [-0.2, -0.15) is 0 Å². The van der Waals surface area contributed by atoms with Crippen molar-refractivity contribution in [2.24, 2.45) is 0 Å². The Labute approximate surface area is 125 Å². The Morgan fingerprint density at radius 3 is 2.38 bits per heavy atom. The highest BCUT2D eigenvalue weighted by atomic mass is 16.3. The van der Waals surface area contributed by atoms with Crippen LogP contribution >= 0.6 is 0 Å². The van der Waals surface area contributed by atoms with Crippen molar-refractivity contribution in [3.8, 4) is 5.75 Å². The summed E-state index contributed by atoms with van der Waals surface area (Å²) < 4.78 is 0. The van der Waals surface area contributed by atoms with Gasteiger partial charge in [0.05, 0.1) is 0 Å². The predicted octanol–water partition coefficient (Wildman–Crippen LogP) is 4.59. The van der Waals surface area contributed by atoms with Crippen LogP contribution in [-0.4, -0.2) is 11.7 Å². The van der Waals surface area contributed by atoms with Gasteiger partial charge in [-0.05, 0) is 30.5 Å². The van der Waals surface area contributed by atoms with Crippen molar-refractivity contribution in [3.05, 3.63) is 72.3 Å². The first-order valence-electron chi connectivity index (χ1n) is 7.33. The van der Waals surface area contributed by atoms with E-state index in [0.717, 1.165) is 35.8 Å². The average Bonchev–Trinajstić information content (AvgIpc) is 2.53. The highest BCUT2D eigenvalue weighted by Crippen LogP contribution is 2.29. The van der Waals surface area contributed by atoms with E-state index in [0.29, 0.717) is 5.75 Å². The molecule has 0 aliphatic heterocycles. The van der Waals surface area contributed by atoms with Crippen molar-refractivity contribution in [1.29, 1.82) is 0 Å². The number of aromatic hydroxyl groups is 1. The Morgan fingerprint density at radius 2 is 1.52 bits per heavy atom. The van der Waals surface area contributed by atoms with Crippen molar-refractivity contribution < 1.29 is 5.11 Å². The smallest absolute Gasteiger partial charge is 0.123 e. The molecule has 2 nitrogen and oxygen atoms in total. The summed E-state index contributed by atoms with van der Waals surface area (Å²) in [4.78, 5) is 0. The number of phenols is 1. The monoisotopic (exact) mass is 277 g/mol. The summed E-state index contributed by atoms with van der Waals surface area (Å²) in [5.74, 6) is 0.334. The van der Waals surface area contributed by atoms with Gasteiger partial charge in [0.15, 0.2) is 0 Å². The van der Waals surface area contributed by atoms with Crippen LogP contribution in [0.4, 0.5) is 5.69 Å². The molecule has 0 heterocycles. The maximum atomic E-state index is 9.89. The van der Waals surface area contributed by atoms with Crippen LogP contribution in [0.25, 0.3) is 10.8 Å². The SMILES string of the molecule is Oc1cccc2c(NCCCc3ccccc3)cccc12. The number of hydrogen-bond acceptors (Lipinski definition) is 2. The van der Waals surface area contributed by atoms with E-state index in [1.165, 1.54) is 5.56 Å². The predicted molar refractivity (Wildman–Crippen MR) is 88.9 cm³/mol. The molecule has 0 radical (unpaired) electrons. The number of anilines is 1. The van der Waals surface area contributed by atoms with E-state index in [2.05, 4.69) is 35.6 Å². The van der Waals surface area contributed by atoms with Crippen LogP contribution in [0, 0.1) is 0 Å². The quantitative estimate of drug-likeness (QED) is 0.668. The molecule has 0 aliphatic rings. The summed E-state index contributed by atoms with van der Waals surface area (Å²) in [6.07, 6.45) is 2.16. The molecule has 3 aromatic carbocycles. The maximum absolute atomic E-state index is 9.89. The second-order valence-electron chi connectivity index (χ2n) is 5.19. The van der Waals surface area contributed by atoms with Crippen molar-refractivity contribution >= 4 is 16.5 Å². The van der Waals surface area contributed by atoms with Gasteiger partial charge in [-0.25, -0.2) is 0 Å². The number of phenolic OH excluding ortho intramolecular Hbond substituents is 1.